The topological polar surface area (TPSA) is 371 Å². The number of fused-ring (bicyclic) bond motifs is 1. The molecule has 14 N–H and O–H groups in total. The Morgan fingerprint density at radius 2 is 0.819 bits per heavy atom. The average Bonchev–Trinajstić information content (AvgIpc) is 1.61. The van der Waals surface area contributed by atoms with E-state index in [1.54, 1.807) is 48.9 Å². The molecule has 3 aromatic heterocycles. The van der Waals surface area contributed by atoms with Gasteiger partial charge in [0, 0.05) is 92.1 Å². The number of carbonyl (C=O) groups excluding carboxylic acids is 8. The second-order valence-corrected chi connectivity index (χ2v) is 27.0. The van der Waals surface area contributed by atoms with Crippen LogP contribution in [0.5, 0.6) is 0 Å². The third kappa shape index (κ3) is 16.4. The van der Waals surface area contributed by atoms with Crippen molar-refractivity contribution in [2.24, 2.45) is 23.1 Å². The maximum atomic E-state index is 12.5. The lowest BCUT2D eigenvalue weighted by molar-refractivity contribution is -0.134. The summed E-state index contributed by atoms with van der Waals surface area (Å²) in [5.41, 5.74) is 43.0. The summed E-state index contributed by atoms with van der Waals surface area (Å²) < 4.78 is 5.15. The van der Waals surface area contributed by atoms with Gasteiger partial charge in [-0.25, -0.2) is 14.0 Å². The summed E-state index contributed by atoms with van der Waals surface area (Å²) >= 11 is 0. The normalized spacial score (nSPS) is 15.3. The quantitative estimate of drug-likeness (QED) is 0.0343. The number of aryl methyl sites for hydroxylation is 3. The number of rotatable bonds is 20. The molecule has 1 unspecified atom stereocenters. The number of ketones is 1. The first-order valence-corrected chi connectivity index (χ1v) is 35.1. The highest BCUT2D eigenvalue weighted by Gasteiger charge is 2.36. The number of aromatic nitrogens is 6. The number of anilines is 3. The van der Waals surface area contributed by atoms with Crippen LogP contribution in [0.25, 0.3) is 33.8 Å². The van der Waals surface area contributed by atoms with Crippen molar-refractivity contribution in [1.29, 1.82) is 0 Å². The number of carbonyl (C=O) groups is 8. The van der Waals surface area contributed by atoms with Gasteiger partial charge in [0.25, 0.3) is 35.4 Å². The van der Waals surface area contributed by atoms with Crippen LogP contribution in [0.15, 0.2) is 170 Å². The molecule has 7 amide bonds. The number of Topliss-reactive ketones (excluding diaryl/α,β-unsaturated/α-hetero) is 1. The van der Waals surface area contributed by atoms with E-state index in [9.17, 15) is 38.4 Å². The van der Waals surface area contributed by atoms with Crippen molar-refractivity contribution in [2.75, 3.05) is 37.9 Å². The number of benzene rings is 7. The fraction of sp³-hybridized carbons (Fsp3) is 0.272. The molecule has 0 saturated heterocycles. The van der Waals surface area contributed by atoms with Gasteiger partial charge in [0.15, 0.2) is 5.78 Å². The Kier molecular flexibility index (Phi) is 22.9. The zero-order chi connectivity index (χ0) is 74.8. The summed E-state index contributed by atoms with van der Waals surface area (Å²) in [5.74, 6) is -1.01. The van der Waals surface area contributed by atoms with Crippen LogP contribution in [0, 0.1) is 26.7 Å². The van der Waals surface area contributed by atoms with Crippen LogP contribution in [0.3, 0.4) is 0 Å². The van der Waals surface area contributed by atoms with Crippen molar-refractivity contribution >= 4 is 64.6 Å². The van der Waals surface area contributed by atoms with E-state index >= 15 is 0 Å². The smallest absolute Gasteiger partial charge is 0.254 e. The van der Waals surface area contributed by atoms with Gasteiger partial charge in [0.1, 0.15) is 51.2 Å². The fourth-order valence-electron chi connectivity index (χ4n) is 14.1. The molecular weight excluding hydrogens is 1320 g/mol. The third-order valence-corrected chi connectivity index (χ3v) is 19.8. The van der Waals surface area contributed by atoms with Crippen molar-refractivity contribution in [3.63, 3.8) is 0 Å². The van der Waals surface area contributed by atoms with Gasteiger partial charge in [-0.05, 0) is 116 Å². The molecule has 0 spiro atoms. The van der Waals surface area contributed by atoms with Crippen molar-refractivity contribution < 1.29 is 38.4 Å². The van der Waals surface area contributed by atoms with Crippen LogP contribution >= 0.6 is 0 Å². The van der Waals surface area contributed by atoms with Crippen LogP contribution in [-0.4, -0.2) is 103 Å². The van der Waals surface area contributed by atoms with Crippen molar-refractivity contribution in [1.82, 2.24) is 50.2 Å². The number of nitrogens with one attached hydrogen (secondary N) is 4. The van der Waals surface area contributed by atoms with Gasteiger partial charge < -0.3 is 54.8 Å². The number of nitrogens with two attached hydrogens (primary N) is 5. The largest absolute Gasteiger partial charge is 0.383 e. The minimum atomic E-state index is -0.694. The van der Waals surface area contributed by atoms with Gasteiger partial charge in [-0.2, -0.15) is 15.3 Å². The van der Waals surface area contributed by atoms with E-state index in [-0.39, 0.29) is 76.6 Å². The second kappa shape index (κ2) is 32.7. The minimum absolute atomic E-state index is 0.00282. The molecule has 3 aliphatic carbocycles. The van der Waals surface area contributed by atoms with Crippen LogP contribution < -0.4 is 49.9 Å². The van der Waals surface area contributed by atoms with E-state index in [1.165, 1.54) is 4.68 Å². The Morgan fingerprint density at radius 3 is 1.22 bits per heavy atom. The summed E-state index contributed by atoms with van der Waals surface area (Å²) in [5, 5.41) is 26.1. The second-order valence-electron chi connectivity index (χ2n) is 27.0. The van der Waals surface area contributed by atoms with Crippen LogP contribution in [0.2, 0.25) is 0 Å². The highest BCUT2D eigenvalue weighted by molar-refractivity contribution is 6.06. The summed E-state index contributed by atoms with van der Waals surface area (Å²) in [6.07, 6.45) is 7.61. The Morgan fingerprint density at radius 1 is 0.457 bits per heavy atom. The average molecular weight is 1410 g/mol. The molecule has 7 aromatic carbocycles. The predicted molar refractivity (Wildman–Crippen MR) is 405 cm³/mol. The van der Waals surface area contributed by atoms with Gasteiger partial charge >= 0.3 is 0 Å². The number of primary amides is 3. The molecule has 13 rings (SSSR count). The van der Waals surface area contributed by atoms with E-state index in [0.717, 1.165) is 95.9 Å². The van der Waals surface area contributed by atoms with Gasteiger partial charge in [-0.1, -0.05) is 165 Å². The Balaban J connectivity index is 0.000000158. The van der Waals surface area contributed by atoms with Gasteiger partial charge in [-0.15, -0.1) is 0 Å². The van der Waals surface area contributed by atoms with Crippen LogP contribution in [-0.2, 0) is 24.4 Å². The number of hydrogen-bond acceptors (Lipinski definition) is 14. The molecule has 2 fully saturated rings. The maximum Gasteiger partial charge on any atom is 0.254 e. The monoisotopic (exact) mass is 1410 g/mol. The molecule has 10 aromatic rings. The van der Waals surface area contributed by atoms with Crippen molar-refractivity contribution in [3.05, 3.63) is 248 Å². The summed E-state index contributed by atoms with van der Waals surface area (Å²) in [6, 6.07) is 52.0. The van der Waals surface area contributed by atoms with E-state index in [1.807, 2.05) is 177 Å². The number of nitrogens with zero attached hydrogens (tertiary/aromatic N) is 7. The zero-order valence-electron chi connectivity index (χ0n) is 59.7. The molecule has 0 bridgehead atoms. The van der Waals surface area contributed by atoms with Crippen molar-refractivity contribution in [2.45, 2.75) is 116 Å². The Hall–Kier alpha value is -12.5. The zero-order valence-corrected chi connectivity index (χ0v) is 59.7. The lowest BCUT2D eigenvalue weighted by Gasteiger charge is -2.30. The summed E-state index contributed by atoms with van der Waals surface area (Å²) in [4.78, 5) is 101. The molecule has 3 aliphatic rings. The van der Waals surface area contributed by atoms with E-state index < -0.39 is 23.8 Å². The van der Waals surface area contributed by atoms with Crippen molar-refractivity contribution in [3.8, 4) is 33.8 Å². The predicted octanol–water partition coefficient (Wildman–Crippen LogP) is 11.0. The Labute approximate surface area is 609 Å². The lowest BCUT2D eigenvalue weighted by atomic mass is 9.85. The van der Waals surface area contributed by atoms with Crippen LogP contribution in [0.4, 0.5) is 17.5 Å². The van der Waals surface area contributed by atoms with E-state index in [0.29, 0.717) is 81.5 Å². The van der Waals surface area contributed by atoms with Gasteiger partial charge in [-0.3, -0.25) is 38.4 Å². The lowest BCUT2D eigenvalue weighted by Crippen LogP contribution is -2.33. The molecule has 1 atom stereocenters. The minimum Gasteiger partial charge on any atom is -0.383 e. The highest BCUT2D eigenvalue weighted by atomic mass is 16.2. The number of nitrogen functional groups attached to an aromatic ring is 2. The molecule has 3 heterocycles. The SMILES string of the molecule is CNc1c(C(N)=O)c(-c2ccc(CNC(=O)c3ccccc3C)cc2)nn1C1CCCC1.Cc1ccccc1C(=O)NCc1ccc(-c2nn(C3CC(=O)c4ccccc43)c(N)c2C(N)=O)cc1.Cc1ccccc1C(=O)NCc1ccc(-c2nn(C3CCC(C(=O)N(C)C)CC3)c(N)c2C(N)=O)cc1. The first-order chi connectivity index (χ1) is 50.5. The molecule has 0 aliphatic heterocycles. The standard InChI is InChI=1S/C28H34N6O3.C28H25N5O3.C25H29N5O2/c1-17-6-4-5-7-22(17)27(36)31-16-18-8-10-19(11-9-18)24-23(26(30)35)25(29)34(32-24)21-14-12-20(13-15-21)28(37)33(2)3;1-16-6-2-3-7-19(16)28(36)31-15-17-10-12-18(13-11-17)25-24(27(30)35)26(29)33(32-25)22-14-23(34)21-9-5-4-8-20(21)22;1-16-7-3-6-10-20(16)25(32)28-15-17-11-13-18(14-12-17)22-21(23(26)31)24(27-2)30(29-22)19-8-4-5-9-19/h4-11,20-21H,12-16,29H2,1-3H3,(H2,30,35)(H,31,36);2-13,22H,14-15,29H2,1H3,(H2,30,35)(H,31,36);3,6-7,10-14,19,27H,4-5,8-9,15H2,1-2H3,(H2,26,31)(H,28,32). The molecule has 24 nitrogen and oxygen atoms in total. The van der Waals surface area contributed by atoms with E-state index in [4.69, 9.17) is 38.9 Å². The fourth-order valence-corrected chi connectivity index (χ4v) is 14.1. The molecule has 24 heteroatoms. The third-order valence-electron chi connectivity index (χ3n) is 19.8. The van der Waals surface area contributed by atoms with E-state index in [2.05, 4.69) is 26.4 Å². The highest BCUT2D eigenvalue weighted by Crippen LogP contribution is 2.41. The number of amides is 7. The molecule has 105 heavy (non-hydrogen) atoms. The molecule has 540 valence electrons. The summed E-state index contributed by atoms with van der Waals surface area (Å²) in [6.45, 7) is 6.83. The Bertz CT molecular complexity index is 4900. The summed E-state index contributed by atoms with van der Waals surface area (Å²) in [7, 11) is 5.34. The first kappa shape index (κ1) is 73.7. The molecule has 0 radical (unpaired) electrons. The van der Waals surface area contributed by atoms with Gasteiger partial charge in [0.05, 0.1) is 18.1 Å². The van der Waals surface area contributed by atoms with Crippen LogP contribution in [0.1, 0.15) is 187 Å². The first-order valence-electron chi connectivity index (χ1n) is 35.1. The number of hydrogen-bond donors (Lipinski definition) is 9. The molecular formula is C81H88N16O8. The molecule has 2 saturated carbocycles. The van der Waals surface area contributed by atoms with Gasteiger partial charge in [0.2, 0.25) is 5.91 Å². The maximum absolute atomic E-state index is 12.5.